The van der Waals surface area contributed by atoms with Gasteiger partial charge in [0.05, 0.1) is 12.1 Å². The molecule has 0 saturated carbocycles. The molecule has 1 aromatic heterocycles. The van der Waals surface area contributed by atoms with E-state index in [1.807, 2.05) is 32.9 Å². The van der Waals surface area contributed by atoms with Crippen molar-refractivity contribution in [1.82, 2.24) is 15.0 Å². The van der Waals surface area contributed by atoms with Gasteiger partial charge in [0.15, 0.2) is 6.61 Å². The minimum Gasteiger partial charge on any atom is -0.483 e. The molecule has 2 heterocycles. The van der Waals surface area contributed by atoms with Crippen molar-refractivity contribution < 1.29 is 18.8 Å². The molecular formula is C23H31N3O4. The number of hydrogen-bond donors (Lipinski definition) is 0. The van der Waals surface area contributed by atoms with Crippen LogP contribution in [0.5, 0.6) is 5.75 Å². The molecule has 0 bridgehead atoms. The molecule has 1 aliphatic heterocycles. The van der Waals surface area contributed by atoms with Crippen LogP contribution in [0.2, 0.25) is 0 Å². The number of rotatable bonds is 6. The molecule has 2 aromatic rings. The smallest absolute Gasteiger partial charge is 0.260 e. The third kappa shape index (κ3) is 5.01. The van der Waals surface area contributed by atoms with Crippen LogP contribution in [0.1, 0.15) is 47.9 Å². The van der Waals surface area contributed by atoms with E-state index in [0.29, 0.717) is 37.9 Å². The van der Waals surface area contributed by atoms with Crippen LogP contribution in [-0.2, 0) is 16.0 Å². The zero-order valence-corrected chi connectivity index (χ0v) is 18.5. The Morgan fingerprint density at radius 2 is 1.70 bits per heavy atom. The summed E-state index contributed by atoms with van der Waals surface area (Å²) in [6.45, 7) is 12.0. The van der Waals surface area contributed by atoms with Crippen molar-refractivity contribution in [1.29, 1.82) is 0 Å². The van der Waals surface area contributed by atoms with Crippen LogP contribution in [0.3, 0.4) is 0 Å². The average molecular weight is 414 g/mol. The molecule has 7 nitrogen and oxygen atoms in total. The van der Waals surface area contributed by atoms with Crippen LogP contribution in [0.4, 0.5) is 0 Å². The topological polar surface area (TPSA) is 75.9 Å². The highest BCUT2D eigenvalue weighted by atomic mass is 16.5. The van der Waals surface area contributed by atoms with Crippen LogP contribution in [-0.4, -0.2) is 59.6 Å². The van der Waals surface area contributed by atoms with Gasteiger partial charge in [-0.15, -0.1) is 0 Å². The van der Waals surface area contributed by atoms with Gasteiger partial charge in [0.1, 0.15) is 11.5 Å². The van der Waals surface area contributed by atoms with E-state index in [4.69, 9.17) is 9.26 Å². The van der Waals surface area contributed by atoms with Crippen molar-refractivity contribution in [2.24, 2.45) is 0 Å². The Balaban J connectivity index is 1.50. The van der Waals surface area contributed by atoms with Gasteiger partial charge in [-0.2, -0.15) is 0 Å². The predicted molar refractivity (Wildman–Crippen MR) is 114 cm³/mol. The molecule has 1 aliphatic rings. The lowest BCUT2D eigenvalue weighted by atomic mass is 10.0. The van der Waals surface area contributed by atoms with Gasteiger partial charge < -0.3 is 19.1 Å². The number of carbonyl (C=O) groups is 2. The number of aryl methyl sites for hydroxylation is 3. The van der Waals surface area contributed by atoms with E-state index in [0.717, 1.165) is 22.6 Å². The Bertz CT molecular complexity index is 892. The molecule has 0 unspecified atom stereocenters. The van der Waals surface area contributed by atoms with Crippen molar-refractivity contribution in [2.45, 2.75) is 47.0 Å². The van der Waals surface area contributed by atoms with E-state index in [9.17, 15) is 9.59 Å². The SMILES string of the molecule is Cc1ccc(C(C)C)cc1OCC(=O)N1CCN(C(=O)Cc2c(C)noc2C)CC1. The van der Waals surface area contributed by atoms with Gasteiger partial charge in [-0.25, -0.2) is 0 Å². The van der Waals surface area contributed by atoms with Crippen LogP contribution in [0, 0.1) is 20.8 Å². The molecule has 3 rings (SSSR count). The largest absolute Gasteiger partial charge is 0.483 e. The number of amides is 2. The molecule has 2 amide bonds. The lowest BCUT2D eigenvalue weighted by Crippen LogP contribution is -2.52. The first-order valence-electron chi connectivity index (χ1n) is 10.5. The third-order valence-electron chi connectivity index (χ3n) is 5.72. The Hall–Kier alpha value is -2.83. The number of piperazine rings is 1. The summed E-state index contributed by atoms with van der Waals surface area (Å²) >= 11 is 0. The normalized spacial score (nSPS) is 14.3. The summed E-state index contributed by atoms with van der Waals surface area (Å²) < 4.78 is 11.0. The fraction of sp³-hybridized carbons (Fsp3) is 0.522. The Kier molecular flexibility index (Phi) is 6.80. The van der Waals surface area contributed by atoms with Gasteiger partial charge >= 0.3 is 0 Å². The quantitative estimate of drug-likeness (QED) is 0.728. The molecule has 0 aliphatic carbocycles. The summed E-state index contributed by atoms with van der Waals surface area (Å²) in [5, 5.41) is 3.90. The third-order valence-corrected chi connectivity index (χ3v) is 5.72. The lowest BCUT2D eigenvalue weighted by molar-refractivity contribution is -0.140. The van der Waals surface area contributed by atoms with Crippen LogP contribution >= 0.6 is 0 Å². The molecule has 162 valence electrons. The van der Waals surface area contributed by atoms with E-state index >= 15 is 0 Å². The zero-order chi connectivity index (χ0) is 21.8. The average Bonchev–Trinajstić information content (AvgIpc) is 3.04. The standard InChI is InChI=1S/C23H31N3O4/c1-15(2)19-7-6-16(3)21(12-19)29-14-23(28)26-10-8-25(9-11-26)22(27)13-20-17(4)24-30-18(20)5/h6-7,12,15H,8-11,13-14H2,1-5H3. The van der Waals surface area contributed by atoms with Crippen LogP contribution < -0.4 is 4.74 Å². The molecule has 1 saturated heterocycles. The molecule has 7 heteroatoms. The number of aromatic nitrogens is 1. The van der Waals surface area contributed by atoms with Gasteiger partial charge in [-0.05, 0) is 43.9 Å². The number of ether oxygens (including phenoxy) is 1. The number of nitrogens with zero attached hydrogens (tertiary/aromatic N) is 3. The lowest BCUT2D eigenvalue weighted by Gasteiger charge is -2.34. The predicted octanol–water partition coefficient (Wildman–Crippen LogP) is 3.02. The summed E-state index contributed by atoms with van der Waals surface area (Å²) in [6.07, 6.45) is 0.281. The van der Waals surface area contributed by atoms with E-state index in [-0.39, 0.29) is 24.8 Å². The minimum atomic E-state index is -0.0535. The molecule has 1 aromatic carbocycles. The van der Waals surface area contributed by atoms with Gasteiger partial charge in [0, 0.05) is 31.7 Å². The Labute approximate surface area is 178 Å². The second-order valence-corrected chi connectivity index (χ2v) is 8.21. The summed E-state index contributed by atoms with van der Waals surface area (Å²) in [5.74, 6) is 1.82. The fourth-order valence-electron chi connectivity index (χ4n) is 3.58. The Morgan fingerprint density at radius 3 is 2.27 bits per heavy atom. The second kappa shape index (κ2) is 9.32. The van der Waals surface area contributed by atoms with Crippen molar-refractivity contribution >= 4 is 11.8 Å². The maximum Gasteiger partial charge on any atom is 0.260 e. The first kappa shape index (κ1) is 21.9. The highest BCUT2D eigenvalue weighted by Gasteiger charge is 2.26. The zero-order valence-electron chi connectivity index (χ0n) is 18.5. The van der Waals surface area contributed by atoms with Crippen molar-refractivity contribution in [3.63, 3.8) is 0 Å². The fourth-order valence-corrected chi connectivity index (χ4v) is 3.58. The number of hydrogen-bond acceptors (Lipinski definition) is 5. The first-order valence-corrected chi connectivity index (χ1v) is 10.5. The van der Waals surface area contributed by atoms with Gasteiger partial charge in [0.2, 0.25) is 5.91 Å². The highest BCUT2D eigenvalue weighted by molar-refractivity contribution is 5.81. The molecular weight excluding hydrogens is 382 g/mol. The van der Waals surface area contributed by atoms with Gasteiger partial charge in [-0.3, -0.25) is 9.59 Å². The molecule has 1 fully saturated rings. The maximum atomic E-state index is 12.6. The minimum absolute atomic E-state index is 0.00934. The van der Waals surface area contributed by atoms with Crippen LogP contribution in [0.15, 0.2) is 22.7 Å². The van der Waals surface area contributed by atoms with Crippen molar-refractivity contribution in [3.8, 4) is 5.75 Å². The van der Waals surface area contributed by atoms with Crippen LogP contribution in [0.25, 0.3) is 0 Å². The molecule has 0 spiro atoms. The molecule has 0 atom stereocenters. The number of carbonyl (C=O) groups excluding carboxylic acids is 2. The molecule has 0 radical (unpaired) electrons. The van der Waals surface area contributed by atoms with Gasteiger partial charge in [0.25, 0.3) is 5.91 Å². The summed E-state index contributed by atoms with van der Waals surface area (Å²) in [4.78, 5) is 28.8. The second-order valence-electron chi connectivity index (χ2n) is 8.21. The maximum absolute atomic E-state index is 12.6. The highest BCUT2D eigenvalue weighted by Crippen LogP contribution is 2.24. The summed E-state index contributed by atoms with van der Waals surface area (Å²) in [5.41, 5.74) is 3.81. The first-order chi connectivity index (χ1) is 14.3. The molecule has 30 heavy (non-hydrogen) atoms. The Morgan fingerprint density at radius 1 is 1.07 bits per heavy atom. The summed E-state index contributed by atoms with van der Waals surface area (Å²) in [7, 11) is 0. The van der Waals surface area contributed by atoms with E-state index in [2.05, 4.69) is 25.1 Å². The molecule has 0 N–H and O–H groups in total. The summed E-state index contributed by atoms with van der Waals surface area (Å²) in [6, 6.07) is 6.13. The van der Waals surface area contributed by atoms with E-state index in [1.165, 1.54) is 5.56 Å². The van der Waals surface area contributed by atoms with E-state index in [1.54, 1.807) is 9.80 Å². The van der Waals surface area contributed by atoms with E-state index < -0.39 is 0 Å². The monoisotopic (exact) mass is 413 g/mol. The van der Waals surface area contributed by atoms with Gasteiger partial charge in [-0.1, -0.05) is 31.1 Å². The van der Waals surface area contributed by atoms with Crippen molar-refractivity contribution in [2.75, 3.05) is 32.8 Å². The van der Waals surface area contributed by atoms with Crippen molar-refractivity contribution in [3.05, 3.63) is 46.3 Å². The number of benzene rings is 1.